The van der Waals surface area contributed by atoms with Crippen molar-refractivity contribution in [3.63, 3.8) is 0 Å². The maximum absolute atomic E-state index is 11.3. The molecule has 1 aromatic rings. The van der Waals surface area contributed by atoms with Crippen LogP contribution < -0.4 is 0 Å². The Kier molecular flexibility index (Phi) is 5.91. The van der Waals surface area contributed by atoms with Crippen molar-refractivity contribution in [1.82, 2.24) is 0 Å². The van der Waals surface area contributed by atoms with E-state index in [1.165, 1.54) is 0 Å². The monoisotopic (exact) mass is 250 g/mol. The van der Waals surface area contributed by atoms with Gasteiger partial charge in [-0.25, -0.2) is 0 Å². The first-order chi connectivity index (χ1) is 8.63. The van der Waals surface area contributed by atoms with Crippen molar-refractivity contribution in [3.05, 3.63) is 35.9 Å². The molecule has 0 amide bonds. The molecule has 1 aromatic carbocycles. The van der Waals surface area contributed by atoms with Crippen LogP contribution in [0, 0.1) is 0 Å². The van der Waals surface area contributed by atoms with Gasteiger partial charge < -0.3 is 9.47 Å². The van der Waals surface area contributed by atoms with Crippen molar-refractivity contribution in [2.24, 2.45) is 0 Å². The Labute approximate surface area is 107 Å². The van der Waals surface area contributed by atoms with Gasteiger partial charge in [0.2, 0.25) is 0 Å². The van der Waals surface area contributed by atoms with Crippen molar-refractivity contribution in [3.8, 4) is 0 Å². The zero-order chi connectivity index (χ0) is 13.4. The van der Waals surface area contributed by atoms with Gasteiger partial charge in [0.25, 0.3) is 0 Å². The van der Waals surface area contributed by atoms with Crippen LogP contribution in [0.25, 0.3) is 0 Å². The molecular weight excluding hydrogens is 232 g/mol. The number of carbonyl (C=O) groups is 2. The van der Waals surface area contributed by atoms with Crippen LogP contribution in [0.15, 0.2) is 30.3 Å². The minimum atomic E-state index is -0.546. The van der Waals surface area contributed by atoms with E-state index in [0.717, 1.165) is 5.56 Å². The predicted molar refractivity (Wildman–Crippen MR) is 67.1 cm³/mol. The molecular formula is C14H18O4. The highest BCUT2D eigenvalue weighted by Crippen LogP contribution is 2.14. The Morgan fingerprint density at radius 1 is 1.11 bits per heavy atom. The third-order valence-corrected chi connectivity index (χ3v) is 2.46. The van der Waals surface area contributed by atoms with Gasteiger partial charge in [-0.05, 0) is 12.5 Å². The number of rotatable bonds is 6. The third-order valence-electron chi connectivity index (χ3n) is 2.46. The largest absolute Gasteiger partial charge is 0.466 e. The first kappa shape index (κ1) is 14.2. The molecule has 0 fully saturated rings. The summed E-state index contributed by atoms with van der Waals surface area (Å²) in [5.41, 5.74) is 1.10. The van der Waals surface area contributed by atoms with E-state index in [9.17, 15) is 9.59 Å². The lowest BCUT2D eigenvalue weighted by Crippen LogP contribution is -2.16. The van der Waals surface area contributed by atoms with Crippen LogP contribution in [-0.2, 0) is 19.1 Å². The second-order valence-corrected chi connectivity index (χ2v) is 3.98. The second kappa shape index (κ2) is 7.48. The van der Waals surface area contributed by atoms with Crippen LogP contribution in [-0.4, -0.2) is 25.2 Å². The summed E-state index contributed by atoms with van der Waals surface area (Å²) in [6.07, 6.45) is -0.324. The highest BCUT2D eigenvalue weighted by molar-refractivity contribution is 5.91. The number of esters is 2. The molecule has 0 saturated heterocycles. The Bertz CT molecular complexity index is 386. The summed E-state index contributed by atoms with van der Waals surface area (Å²) >= 11 is 0. The minimum Gasteiger partial charge on any atom is -0.466 e. The number of hydrogen-bond acceptors (Lipinski definition) is 4. The zero-order valence-corrected chi connectivity index (χ0v) is 10.7. The average Bonchev–Trinajstić information content (AvgIpc) is 2.37. The first-order valence-corrected chi connectivity index (χ1v) is 5.99. The second-order valence-electron chi connectivity index (χ2n) is 3.98. The standard InChI is InChI=1S/C14H18O4/c1-3-17-13(15)9-14(16)18-10-11(2)12-7-5-4-6-8-12/h4-8,11H,3,9-10H2,1-2H3. The fraction of sp³-hybridized carbons (Fsp3) is 0.429. The van der Waals surface area contributed by atoms with E-state index >= 15 is 0 Å². The van der Waals surface area contributed by atoms with Gasteiger partial charge >= 0.3 is 11.9 Å². The van der Waals surface area contributed by atoms with Crippen molar-refractivity contribution >= 4 is 11.9 Å². The first-order valence-electron chi connectivity index (χ1n) is 5.99. The molecule has 0 N–H and O–H groups in total. The van der Waals surface area contributed by atoms with E-state index in [0.29, 0.717) is 0 Å². The fourth-order valence-corrected chi connectivity index (χ4v) is 1.48. The maximum Gasteiger partial charge on any atom is 0.317 e. The van der Waals surface area contributed by atoms with E-state index in [1.54, 1.807) is 6.92 Å². The zero-order valence-electron chi connectivity index (χ0n) is 10.7. The molecule has 0 spiro atoms. The van der Waals surface area contributed by atoms with Gasteiger partial charge in [-0.15, -0.1) is 0 Å². The minimum absolute atomic E-state index is 0.109. The molecule has 0 aliphatic heterocycles. The van der Waals surface area contributed by atoms with E-state index < -0.39 is 11.9 Å². The smallest absolute Gasteiger partial charge is 0.317 e. The van der Waals surface area contributed by atoms with Crippen molar-refractivity contribution < 1.29 is 19.1 Å². The molecule has 0 radical (unpaired) electrons. The lowest BCUT2D eigenvalue weighted by atomic mass is 10.0. The summed E-state index contributed by atoms with van der Waals surface area (Å²) in [7, 11) is 0. The van der Waals surface area contributed by atoms with Crippen molar-refractivity contribution in [2.75, 3.05) is 13.2 Å². The molecule has 0 aliphatic carbocycles. The molecule has 0 saturated carbocycles. The van der Waals surface area contributed by atoms with E-state index in [-0.39, 0.29) is 25.6 Å². The van der Waals surface area contributed by atoms with Gasteiger partial charge in [0.05, 0.1) is 13.2 Å². The summed E-state index contributed by atoms with van der Waals surface area (Å²) in [6, 6.07) is 9.76. The summed E-state index contributed by atoms with van der Waals surface area (Å²) in [6.45, 7) is 4.20. The number of carbonyl (C=O) groups excluding carboxylic acids is 2. The van der Waals surface area contributed by atoms with E-state index in [4.69, 9.17) is 4.74 Å². The molecule has 0 bridgehead atoms. The third kappa shape index (κ3) is 4.99. The Morgan fingerprint density at radius 3 is 2.33 bits per heavy atom. The lowest BCUT2D eigenvalue weighted by Gasteiger charge is -2.12. The molecule has 0 heterocycles. The molecule has 18 heavy (non-hydrogen) atoms. The molecule has 1 unspecified atom stereocenters. The van der Waals surface area contributed by atoms with Gasteiger partial charge in [0, 0.05) is 5.92 Å². The van der Waals surface area contributed by atoms with Crippen LogP contribution in [0.2, 0.25) is 0 Å². The van der Waals surface area contributed by atoms with E-state index in [2.05, 4.69) is 4.74 Å². The van der Waals surface area contributed by atoms with Gasteiger partial charge in [-0.3, -0.25) is 9.59 Å². The predicted octanol–water partition coefficient (Wildman–Crippen LogP) is 2.29. The molecule has 0 aliphatic rings. The molecule has 98 valence electrons. The van der Waals surface area contributed by atoms with Crippen LogP contribution in [0.3, 0.4) is 0 Å². The quantitative estimate of drug-likeness (QED) is 0.574. The number of hydrogen-bond donors (Lipinski definition) is 0. The normalized spacial score (nSPS) is 11.7. The number of benzene rings is 1. The van der Waals surface area contributed by atoms with Crippen molar-refractivity contribution in [2.45, 2.75) is 26.2 Å². The Balaban J connectivity index is 2.32. The summed E-state index contributed by atoms with van der Waals surface area (Å²) in [5.74, 6) is -0.983. The van der Waals surface area contributed by atoms with Crippen molar-refractivity contribution in [1.29, 1.82) is 0 Å². The molecule has 4 heteroatoms. The summed E-state index contributed by atoms with van der Waals surface area (Å²) in [5, 5.41) is 0. The highest BCUT2D eigenvalue weighted by Gasteiger charge is 2.13. The summed E-state index contributed by atoms with van der Waals surface area (Å²) < 4.78 is 9.70. The van der Waals surface area contributed by atoms with Crippen LogP contribution in [0.1, 0.15) is 31.7 Å². The molecule has 4 nitrogen and oxygen atoms in total. The maximum atomic E-state index is 11.3. The fourth-order valence-electron chi connectivity index (χ4n) is 1.48. The van der Waals surface area contributed by atoms with Crippen LogP contribution in [0.4, 0.5) is 0 Å². The molecule has 0 aromatic heterocycles. The molecule has 1 rings (SSSR count). The van der Waals surface area contributed by atoms with Gasteiger partial charge in [0.1, 0.15) is 6.42 Å². The summed E-state index contributed by atoms with van der Waals surface area (Å²) in [4.78, 5) is 22.4. The molecule has 1 atom stereocenters. The van der Waals surface area contributed by atoms with Gasteiger partial charge in [-0.2, -0.15) is 0 Å². The van der Waals surface area contributed by atoms with Crippen LogP contribution >= 0.6 is 0 Å². The SMILES string of the molecule is CCOC(=O)CC(=O)OCC(C)c1ccccc1. The lowest BCUT2D eigenvalue weighted by molar-refractivity contribution is -0.154. The van der Waals surface area contributed by atoms with Gasteiger partial charge in [0.15, 0.2) is 0 Å². The topological polar surface area (TPSA) is 52.6 Å². The Hall–Kier alpha value is -1.84. The van der Waals surface area contributed by atoms with Gasteiger partial charge in [-0.1, -0.05) is 37.3 Å². The number of ether oxygens (including phenoxy) is 2. The van der Waals surface area contributed by atoms with E-state index in [1.807, 2.05) is 37.3 Å². The average molecular weight is 250 g/mol. The van der Waals surface area contributed by atoms with Crippen LogP contribution in [0.5, 0.6) is 0 Å². The highest BCUT2D eigenvalue weighted by atomic mass is 16.6. The Morgan fingerprint density at radius 2 is 1.72 bits per heavy atom.